The molecule has 2 aromatic rings. The monoisotopic (exact) mass is 470 g/mol. The molecular formula is C25H35FN6O2. The number of anilines is 3. The molecule has 2 aliphatic heterocycles. The highest BCUT2D eigenvalue weighted by Crippen LogP contribution is 2.27. The fraction of sp³-hybridized carbons (Fsp3) is 0.560. The van der Waals surface area contributed by atoms with Crippen LogP contribution in [0, 0.1) is 11.7 Å². The molecule has 0 bridgehead atoms. The minimum atomic E-state index is -0.451. The Morgan fingerprint density at radius 1 is 1.29 bits per heavy atom. The first-order valence-corrected chi connectivity index (χ1v) is 12.2. The Labute approximate surface area is 200 Å². The van der Waals surface area contributed by atoms with E-state index in [0.717, 1.165) is 25.1 Å². The Morgan fingerprint density at radius 2 is 2.15 bits per heavy atom. The Hall–Kier alpha value is -2.94. The van der Waals surface area contributed by atoms with Gasteiger partial charge in [0.1, 0.15) is 11.9 Å². The average molecular weight is 471 g/mol. The van der Waals surface area contributed by atoms with Crippen LogP contribution in [0.15, 0.2) is 24.3 Å². The first-order valence-electron chi connectivity index (χ1n) is 12.2. The van der Waals surface area contributed by atoms with E-state index in [1.165, 1.54) is 32.6 Å². The lowest BCUT2D eigenvalue weighted by Gasteiger charge is -2.25. The van der Waals surface area contributed by atoms with Crippen molar-refractivity contribution in [2.75, 3.05) is 37.4 Å². The van der Waals surface area contributed by atoms with Gasteiger partial charge in [0, 0.05) is 36.1 Å². The smallest absolute Gasteiger partial charge is 0.242 e. The van der Waals surface area contributed by atoms with E-state index in [1.807, 2.05) is 6.07 Å². The van der Waals surface area contributed by atoms with Gasteiger partial charge in [-0.25, -0.2) is 9.37 Å². The van der Waals surface area contributed by atoms with Gasteiger partial charge in [-0.3, -0.25) is 4.79 Å². The van der Waals surface area contributed by atoms with Crippen LogP contribution in [0.4, 0.5) is 21.8 Å². The van der Waals surface area contributed by atoms with Crippen LogP contribution in [-0.2, 0) is 11.2 Å². The number of likely N-dealkylation sites (tertiary alicyclic amines) is 1. The number of hydrogen-bond donors (Lipinski definition) is 3. The van der Waals surface area contributed by atoms with Crippen LogP contribution >= 0.6 is 0 Å². The largest absolute Gasteiger partial charge is 0.494 e. The van der Waals surface area contributed by atoms with Gasteiger partial charge in [-0.05, 0) is 63.2 Å². The van der Waals surface area contributed by atoms with E-state index in [9.17, 15) is 9.18 Å². The number of aromatic nitrogens is 2. The van der Waals surface area contributed by atoms with Crippen LogP contribution in [0.3, 0.4) is 0 Å². The van der Waals surface area contributed by atoms with Gasteiger partial charge in [0.25, 0.3) is 0 Å². The zero-order valence-corrected chi connectivity index (χ0v) is 20.2. The van der Waals surface area contributed by atoms with Crippen LogP contribution in [0.2, 0.25) is 0 Å². The molecule has 2 fully saturated rings. The standard InChI is InChI=1S/C25H35FN6O2/c1-4-32-11-5-6-19(32)13-16(2)12-18-15-23(28-17-7-8-22(34-3)20(26)14-17)31-25(29-18)30-21-9-10-27-24(21)33/h7-8,14-16,19,21H,4-6,9-13H2,1-3H3,(H,27,33)(H2,28,29,30,31)/t16-,19?,21?/m1/s1. The number of halogens is 1. The van der Waals surface area contributed by atoms with Crippen LogP contribution in [0.25, 0.3) is 0 Å². The molecule has 0 radical (unpaired) electrons. The minimum absolute atomic E-state index is 0.0463. The van der Waals surface area contributed by atoms with Gasteiger partial charge < -0.3 is 25.6 Å². The number of hydrogen-bond acceptors (Lipinski definition) is 7. The second-order valence-corrected chi connectivity index (χ2v) is 9.29. The number of amides is 1. The molecule has 9 heteroatoms. The topological polar surface area (TPSA) is 91.4 Å². The zero-order chi connectivity index (χ0) is 24.1. The van der Waals surface area contributed by atoms with E-state index in [-0.39, 0.29) is 17.7 Å². The summed E-state index contributed by atoms with van der Waals surface area (Å²) in [5.74, 6) is 1.09. The van der Waals surface area contributed by atoms with Gasteiger partial charge in [0.05, 0.1) is 7.11 Å². The summed E-state index contributed by atoms with van der Waals surface area (Å²) in [6, 6.07) is 6.87. The molecule has 1 aromatic heterocycles. The van der Waals surface area contributed by atoms with Gasteiger partial charge in [-0.1, -0.05) is 13.8 Å². The van der Waals surface area contributed by atoms with Crippen LogP contribution in [0.5, 0.6) is 5.75 Å². The summed E-state index contributed by atoms with van der Waals surface area (Å²) in [5.41, 5.74) is 1.45. The van der Waals surface area contributed by atoms with Crippen molar-refractivity contribution in [3.8, 4) is 5.75 Å². The minimum Gasteiger partial charge on any atom is -0.494 e. The molecule has 0 aliphatic carbocycles. The van der Waals surface area contributed by atoms with E-state index in [1.54, 1.807) is 12.1 Å². The van der Waals surface area contributed by atoms with Crippen molar-refractivity contribution < 1.29 is 13.9 Å². The maximum absolute atomic E-state index is 14.2. The molecule has 8 nitrogen and oxygen atoms in total. The number of rotatable bonds is 10. The predicted octanol–water partition coefficient (Wildman–Crippen LogP) is 3.72. The van der Waals surface area contributed by atoms with Crippen molar-refractivity contribution in [1.82, 2.24) is 20.2 Å². The van der Waals surface area contributed by atoms with Crippen LogP contribution < -0.4 is 20.7 Å². The molecule has 0 spiro atoms. The number of ether oxygens (including phenoxy) is 1. The molecule has 1 amide bonds. The molecule has 3 atom stereocenters. The summed E-state index contributed by atoms with van der Waals surface area (Å²) in [6.45, 7) is 7.40. The lowest BCUT2D eigenvalue weighted by Crippen LogP contribution is -2.31. The maximum Gasteiger partial charge on any atom is 0.242 e. The van der Waals surface area contributed by atoms with Crippen molar-refractivity contribution in [2.24, 2.45) is 5.92 Å². The number of methoxy groups -OCH3 is 1. The number of carbonyl (C=O) groups excluding carboxylic acids is 1. The lowest BCUT2D eigenvalue weighted by molar-refractivity contribution is -0.119. The maximum atomic E-state index is 14.2. The Kier molecular flexibility index (Phi) is 7.82. The first kappa shape index (κ1) is 24.2. The summed E-state index contributed by atoms with van der Waals surface area (Å²) in [6.07, 6.45) is 5.12. The number of benzene rings is 1. The van der Waals surface area contributed by atoms with Crippen molar-refractivity contribution in [1.29, 1.82) is 0 Å². The van der Waals surface area contributed by atoms with E-state index >= 15 is 0 Å². The molecule has 2 saturated heterocycles. The highest BCUT2D eigenvalue weighted by Gasteiger charge is 2.26. The Balaban J connectivity index is 1.52. The Bertz CT molecular complexity index is 1000. The van der Waals surface area contributed by atoms with Gasteiger partial charge in [0.15, 0.2) is 11.6 Å². The quantitative estimate of drug-likeness (QED) is 0.487. The van der Waals surface area contributed by atoms with Crippen molar-refractivity contribution in [3.05, 3.63) is 35.8 Å². The van der Waals surface area contributed by atoms with Crippen molar-refractivity contribution >= 4 is 23.4 Å². The molecule has 2 unspecified atom stereocenters. The summed E-state index contributed by atoms with van der Waals surface area (Å²) in [7, 11) is 1.44. The SMILES string of the molecule is CCN1CCCC1C[C@H](C)Cc1cc(Nc2ccc(OC)c(F)c2)nc(NC2CCNC2=O)n1. The average Bonchev–Trinajstić information content (AvgIpc) is 3.42. The summed E-state index contributed by atoms with van der Waals surface area (Å²) >= 11 is 0. The first-order chi connectivity index (χ1) is 16.4. The van der Waals surface area contributed by atoms with Gasteiger partial charge in [0.2, 0.25) is 11.9 Å². The van der Waals surface area contributed by atoms with Crippen LogP contribution in [-0.4, -0.2) is 59.6 Å². The third-order valence-corrected chi connectivity index (χ3v) is 6.69. The summed E-state index contributed by atoms with van der Waals surface area (Å²) in [5, 5.41) is 9.18. The second-order valence-electron chi connectivity index (χ2n) is 9.29. The number of nitrogens with one attached hydrogen (secondary N) is 3. The molecule has 184 valence electrons. The predicted molar refractivity (Wildman–Crippen MR) is 131 cm³/mol. The normalized spacial score (nSPS) is 21.4. The molecule has 0 saturated carbocycles. The Morgan fingerprint density at radius 3 is 2.85 bits per heavy atom. The molecule has 3 N–H and O–H groups in total. The third-order valence-electron chi connectivity index (χ3n) is 6.69. The fourth-order valence-electron chi connectivity index (χ4n) is 4.99. The fourth-order valence-corrected chi connectivity index (χ4v) is 4.99. The van der Waals surface area contributed by atoms with E-state index in [4.69, 9.17) is 9.72 Å². The van der Waals surface area contributed by atoms with E-state index in [0.29, 0.717) is 42.4 Å². The van der Waals surface area contributed by atoms with Crippen molar-refractivity contribution in [3.63, 3.8) is 0 Å². The third kappa shape index (κ3) is 5.94. The molecule has 1 aromatic carbocycles. The highest BCUT2D eigenvalue weighted by atomic mass is 19.1. The highest BCUT2D eigenvalue weighted by molar-refractivity contribution is 5.86. The molecule has 34 heavy (non-hydrogen) atoms. The second kappa shape index (κ2) is 11.0. The van der Waals surface area contributed by atoms with Gasteiger partial charge >= 0.3 is 0 Å². The summed E-state index contributed by atoms with van der Waals surface area (Å²) in [4.78, 5) is 23.9. The lowest BCUT2D eigenvalue weighted by atomic mass is 9.95. The molecular weight excluding hydrogens is 435 g/mol. The molecule has 3 heterocycles. The van der Waals surface area contributed by atoms with E-state index in [2.05, 4.69) is 39.7 Å². The van der Waals surface area contributed by atoms with Crippen molar-refractivity contribution in [2.45, 2.75) is 58.0 Å². The molecule has 2 aliphatic rings. The van der Waals surface area contributed by atoms with Gasteiger partial charge in [-0.2, -0.15) is 4.98 Å². The summed E-state index contributed by atoms with van der Waals surface area (Å²) < 4.78 is 19.2. The molecule has 4 rings (SSSR count). The number of carbonyl (C=O) groups is 1. The van der Waals surface area contributed by atoms with Crippen LogP contribution in [0.1, 0.15) is 45.2 Å². The van der Waals surface area contributed by atoms with E-state index < -0.39 is 5.82 Å². The zero-order valence-electron chi connectivity index (χ0n) is 20.2. The van der Waals surface area contributed by atoms with Gasteiger partial charge in [-0.15, -0.1) is 0 Å². The number of nitrogens with zero attached hydrogens (tertiary/aromatic N) is 3.